The largest absolute Gasteiger partial charge is 0.277 e. The summed E-state index contributed by atoms with van der Waals surface area (Å²) in [5.74, 6) is -0.235. The van der Waals surface area contributed by atoms with E-state index < -0.39 is 0 Å². The summed E-state index contributed by atoms with van der Waals surface area (Å²) in [5.41, 5.74) is 7.47. The van der Waals surface area contributed by atoms with Crippen molar-refractivity contribution in [3.63, 3.8) is 0 Å². The van der Waals surface area contributed by atoms with Crippen LogP contribution in [0.5, 0.6) is 0 Å². The molecule has 3 aromatic carbocycles. The molecule has 1 aliphatic carbocycles. The van der Waals surface area contributed by atoms with Crippen molar-refractivity contribution >= 4 is 12.1 Å². The molecule has 0 saturated heterocycles. The standard InChI is InChI=1S/C26H22N4O/c31-25(30-28-18-20-17-27-29-24(20)19-10-4-1-5-11-19)23-16-26(23,21-12-6-2-7-13-21)22-14-8-3-9-15-22/h1-15,17-18,23H,16H2,(H,27,29)(H,30,31)/b28-18+/t23-/m0/s1. The number of amides is 1. The fourth-order valence-electron chi connectivity index (χ4n) is 4.33. The lowest BCUT2D eigenvalue weighted by molar-refractivity contribution is -0.122. The van der Waals surface area contributed by atoms with E-state index in [4.69, 9.17) is 0 Å². The van der Waals surface area contributed by atoms with Gasteiger partial charge >= 0.3 is 0 Å². The molecule has 152 valence electrons. The first kappa shape index (κ1) is 19.0. The van der Waals surface area contributed by atoms with E-state index in [1.54, 1.807) is 12.4 Å². The van der Waals surface area contributed by atoms with Crippen LogP contribution >= 0.6 is 0 Å². The van der Waals surface area contributed by atoms with Gasteiger partial charge < -0.3 is 0 Å². The quantitative estimate of drug-likeness (QED) is 0.365. The first-order valence-corrected chi connectivity index (χ1v) is 10.3. The molecule has 1 heterocycles. The molecule has 0 radical (unpaired) electrons. The predicted octanol–water partition coefficient (Wildman–Crippen LogP) is 4.53. The highest BCUT2D eigenvalue weighted by Crippen LogP contribution is 2.58. The van der Waals surface area contributed by atoms with Gasteiger partial charge in [-0.05, 0) is 17.5 Å². The first-order chi connectivity index (χ1) is 15.3. The number of hydrogen-bond donors (Lipinski definition) is 2. The van der Waals surface area contributed by atoms with E-state index in [-0.39, 0.29) is 17.2 Å². The predicted molar refractivity (Wildman–Crippen MR) is 122 cm³/mol. The van der Waals surface area contributed by atoms with Gasteiger partial charge in [-0.15, -0.1) is 0 Å². The van der Waals surface area contributed by atoms with E-state index in [2.05, 4.69) is 45.0 Å². The van der Waals surface area contributed by atoms with Gasteiger partial charge in [-0.3, -0.25) is 9.89 Å². The highest BCUT2D eigenvalue weighted by atomic mass is 16.2. The van der Waals surface area contributed by atoms with Gasteiger partial charge in [-0.1, -0.05) is 91.0 Å². The maximum atomic E-state index is 13.0. The molecule has 0 aliphatic heterocycles. The summed E-state index contributed by atoms with van der Waals surface area (Å²) in [6, 6.07) is 30.4. The minimum Gasteiger partial charge on any atom is -0.277 e. The second kappa shape index (κ2) is 8.03. The third-order valence-electron chi connectivity index (χ3n) is 5.96. The summed E-state index contributed by atoms with van der Waals surface area (Å²) in [5, 5.41) is 11.3. The lowest BCUT2D eigenvalue weighted by Gasteiger charge is -2.18. The summed E-state index contributed by atoms with van der Waals surface area (Å²) in [6.07, 6.45) is 4.11. The highest BCUT2D eigenvalue weighted by molar-refractivity contribution is 5.90. The number of nitrogens with one attached hydrogen (secondary N) is 2. The van der Waals surface area contributed by atoms with Gasteiger partial charge in [-0.25, -0.2) is 5.43 Å². The van der Waals surface area contributed by atoms with Crippen molar-refractivity contribution in [2.24, 2.45) is 11.0 Å². The number of hydrazone groups is 1. The minimum atomic E-state index is -0.299. The molecule has 1 atom stereocenters. The van der Waals surface area contributed by atoms with Crippen molar-refractivity contribution in [1.82, 2.24) is 15.6 Å². The van der Waals surface area contributed by atoms with Crippen molar-refractivity contribution in [3.05, 3.63) is 114 Å². The van der Waals surface area contributed by atoms with Crippen LogP contribution in [0.15, 0.2) is 102 Å². The molecular formula is C26H22N4O. The van der Waals surface area contributed by atoms with Crippen LogP contribution in [0.1, 0.15) is 23.1 Å². The Bertz CT molecular complexity index is 1160. The molecule has 0 unspecified atom stereocenters. The van der Waals surface area contributed by atoms with Crippen LogP contribution in [0.2, 0.25) is 0 Å². The number of nitrogens with zero attached hydrogens (tertiary/aromatic N) is 2. The second-order valence-electron chi connectivity index (χ2n) is 7.76. The molecule has 1 aromatic heterocycles. The second-order valence-corrected chi connectivity index (χ2v) is 7.76. The summed E-state index contributed by atoms with van der Waals surface area (Å²) in [7, 11) is 0. The van der Waals surface area contributed by atoms with E-state index in [9.17, 15) is 4.79 Å². The topological polar surface area (TPSA) is 70.1 Å². The molecule has 1 amide bonds. The van der Waals surface area contributed by atoms with E-state index in [1.807, 2.05) is 66.7 Å². The Hall–Kier alpha value is -3.99. The van der Waals surface area contributed by atoms with Gasteiger partial charge in [0.15, 0.2) is 0 Å². The normalized spacial score (nSPS) is 16.8. The fourth-order valence-corrected chi connectivity index (χ4v) is 4.33. The molecule has 5 rings (SSSR count). The monoisotopic (exact) mass is 406 g/mol. The van der Waals surface area contributed by atoms with Crippen molar-refractivity contribution in [3.8, 4) is 11.3 Å². The van der Waals surface area contributed by atoms with Crippen molar-refractivity contribution < 1.29 is 4.79 Å². The van der Waals surface area contributed by atoms with Gasteiger partial charge in [0.1, 0.15) is 0 Å². The van der Waals surface area contributed by atoms with Gasteiger partial charge in [0, 0.05) is 16.5 Å². The van der Waals surface area contributed by atoms with E-state index in [0.717, 1.165) is 34.4 Å². The number of aromatic amines is 1. The van der Waals surface area contributed by atoms with Crippen molar-refractivity contribution in [2.75, 3.05) is 0 Å². The zero-order valence-corrected chi connectivity index (χ0v) is 16.9. The maximum Gasteiger partial charge on any atom is 0.244 e. The van der Waals surface area contributed by atoms with E-state index >= 15 is 0 Å². The van der Waals surface area contributed by atoms with Crippen LogP contribution in [-0.4, -0.2) is 22.3 Å². The van der Waals surface area contributed by atoms with Crippen LogP contribution < -0.4 is 5.43 Å². The van der Waals surface area contributed by atoms with Crippen LogP contribution in [0.4, 0.5) is 0 Å². The number of carbonyl (C=O) groups excluding carboxylic acids is 1. The average Bonchev–Trinajstić information content (AvgIpc) is 3.44. The van der Waals surface area contributed by atoms with Crippen LogP contribution in [0.3, 0.4) is 0 Å². The highest BCUT2D eigenvalue weighted by Gasteiger charge is 2.60. The minimum absolute atomic E-state index is 0.0753. The number of benzene rings is 3. The number of H-pyrrole nitrogens is 1. The Morgan fingerprint density at radius 1 is 0.935 bits per heavy atom. The molecular weight excluding hydrogens is 384 g/mol. The molecule has 5 nitrogen and oxygen atoms in total. The third-order valence-corrected chi connectivity index (χ3v) is 5.96. The lowest BCUT2D eigenvalue weighted by atomic mass is 9.85. The van der Waals surface area contributed by atoms with Gasteiger partial charge in [0.05, 0.1) is 24.0 Å². The van der Waals surface area contributed by atoms with Gasteiger partial charge in [-0.2, -0.15) is 10.2 Å². The molecule has 5 heteroatoms. The Kier molecular flexibility index (Phi) is 4.92. The van der Waals surface area contributed by atoms with Crippen LogP contribution in [0.25, 0.3) is 11.3 Å². The molecule has 1 saturated carbocycles. The zero-order valence-electron chi connectivity index (χ0n) is 16.9. The average molecular weight is 406 g/mol. The van der Waals surface area contributed by atoms with Gasteiger partial charge in [0.25, 0.3) is 0 Å². The Labute approximate surface area is 180 Å². The number of carbonyl (C=O) groups is 1. The summed E-state index contributed by atoms with van der Waals surface area (Å²) >= 11 is 0. The van der Waals surface area contributed by atoms with Crippen LogP contribution in [0, 0.1) is 5.92 Å². The molecule has 0 spiro atoms. The first-order valence-electron chi connectivity index (χ1n) is 10.3. The molecule has 4 aromatic rings. The number of hydrogen-bond acceptors (Lipinski definition) is 3. The van der Waals surface area contributed by atoms with Crippen molar-refractivity contribution in [1.29, 1.82) is 0 Å². The van der Waals surface area contributed by atoms with Crippen molar-refractivity contribution in [2.45, 2.75) is 11.8 Å². The molecule has 1 aliphatic rings. The third kappa shape index (κ3) is 3.55. The lowest BCUT2D eigenvalue weighted by Crippen LogP contribution is -2.25. The molecule has 0 bridgehead atoms. The summed E-state index contributed by atoms with van der Waals surface area (Å²) < 4.78 is 0. The van der Waals surface area contributed by atoms with Gasteiger partial charge in [0.2, 0.25) is 5.91 Å². The summed E-state index contributed by atoms with van der Waals surface area (Å²) in [4.78, 5) is 13.0. The maximum absolute atomic E-state index is 13.0. The van der Waals surface area contributed by atoms with E-state index in [1.165, 1.54) is 0 Å². The van der Waals surface area contributed by atoms with Crippen LogP contribution in [-0.2, 0) is 10.2 Å². The SMILES string of the molecule is O=C(N/N=C/c1cn[nH]c1-c1ccccc1)[C@@H]1CC1(c1ccccc1)c1ccccc1. The molecule has 31 heavy (non-hydrogen) atoms. The number of aromatic nitrogens is 2. The van der Waals surface area contributed by atoms with E-state index in [0.29, 0.717) is 0 Å². The Morgan fingerprint density at radius 2 is 1.52 bits per heavy atom. The fraction of sp³-hybridized carbons (Fsp3) is 0.115. The number of rotatable bonds is 6. The molecule has 1 fully saturated rings. The smallest absolute Gasteiger partial charge is 0.244 e. The summed E-state index contributed by atoms with van der Waals surface area (Å²) in [6.45, 7) is 0. The zero-order chi connectivity index (χ0) is 21.1. The Balaban J connectivity index is 1.35. The molecule has 2 N–H and O–H groups in total. The Morgan fingerprint density at radius 3 is 2.13 bits per heavy atom.